The Labute approximate surface area is 166 Å². The Morgan fingerprint density at radius 2 is 1.57 bits per heavy atom. The van der Waals surface area contributed by atoms with Gasteiger partial charge < -0.3 is 10.1 Å². The molecule has 0 bridgehead atoms. The van der Waals surface area contributed by atoms with Gasteiger partial charge in [-0.2, -0.15) is 0 Å². The second-order valence-electron chi connectivity index (χ2n) is 6.16. The normalized spacial score (nSPS) is 10.4. The molecule has 0 atom stereocenters. The lowest BCUT2D eigenvalue weighted by Crippen LogP contribution is -2.20. The van der Waals surface area contributed by atoms with Gasteiger partial charge in [-0.25, -0.2) is 4.39 Å². The lowest BCUT2D eigenvalue weighted by Gasteiger charge is -2.09. The van der Waals surface area contributed by atoms with E-state index in [0.29, 0.717) is 33.1 Å². The van der Waals surface area contributed by atoms with Crippen LogP contribution < -0.4 is 10.1 Å². The number of amides is 1. The van der Waals surface area contributed by atoms with Crippen LogP contribution in [0.1, 0.15) is 21.5 Å². The fraction of sp³-hybridized carbons (Fsp3) is 0.0909. The molecule has 0 aliphatic heterocycles. The van der Waals surface area contributed by atoms with Gasteiger partial charge >= 0.3 is 0 Å². The van der Waals surface area contributed by atoms with Gasteiger partial charge in [0.25, 0.3) is 5.91 Å². The first kappa shape index (κ1) is 19.6. The molecule has 4 nitrogen and oxygen atoms in total. The van der Waals surface area contributed by atoms with Gasteiger partial charge in [0.15, 0.2) is 12.4 Å². The van der Waals surface area contributed by atoms with Crippen LogP contribution in [-0.4, -0.2) is 18.3 Å². The average Bonchev–Trinajstić information content (AvgIpc) is 2.70. The number of nitrogens with one attached hydrogen (secondary N) is 1. The number of aryl methyl sites for hydroxylation is 1. The summed E-state index contributed by atoms with van der Waals surface area (Å²) in [5.41, 5.74) is 1.89. The maximum atomic E-state index is 13.5. The topological polar surface area (TPSA) is 55.4 Å². The summed E-state index contributed by atoms with van der Waals surface area (Å²) in [6.07, 6.45) is 0. The lowest BCUT2D eigenvalue weighted by molar-refractivity contribution is -0.118. The number of hydrogen-bond donors (Lipinski definition) is 1. The van der Waals surface area contributed by atoms with Gasteiger partial charge in [-0.3, -0.25) is 9.59 Å². The van der Waals surface area contributed by atoms with Gasteiger partial charge in [-0.05, 0) is 73.2 Å². The maximum Gasteiger partial charge on any atom is 0.262 e. The predicted molar refractivity (Wildman–Crippen MR) is 107 cm³/mol. The highest BCUT2D eigenvalue weighted by Gasteiger charge is 2.10. The zero-order valence-corrected chi connectivity index (χ0v) is 15.8. The molecule has 0 aromatic heterocycles. The summed E-state index contributed by atoms with van der Waals surface area (Å²) in [4.78, 5) is 24.4. The minimum atomic E-state index is -0.412. The Morgan fingerprint density at radius 3 is 2.18 bits per heavy atom. The van der Waals surface area contributed by atoms with Crippen LogP contribution in [-0.2, 0) is 4.79 Å². The van der Waals surface area contributed by atoms with Crippen LogP contribution in [0.3, 0.4) is 0 Å². The number of ketones is 1. The van der Waals surface area contributed by atoms with Crippen LogP contribution in [0.25, 0.3) is 0 Å². The Kier molecular flexibility index (Phi) is 6.06. The summed E-state index contributed by atoms with van der Waals surface area (Å²) < 4.78 is 18.9. The van der Waals surface area contributed by atoms with Crippen LogP contribution in [0.15, 0.2) is 66.7 Å². The fourth-order valence-corrected chi connectivity index (χ4v) is 2.61. The number of halogens is 2. The number of rotatable bonds is 6. The van der Waals surface area contributed by atoms with Gasteiger partial charge in [-0.1, -0.05) is 17.7 Å². The van der Waals surface area contributed by atoms with Gasteiger partial charge in [0.2, 0.25) is 0 Å². The van der Waals surface area contributed by atoms with Crippen molar-refractivity contribution in [1.82, 2.24) is 0 Å². The number of anilines is 1. The van der Waals surface area contributed by atoms with Crippen molar-refractivity contribution in [3.8, 4) is 5.75 Å². The Hall–Kier alpha value is -3.18. The van der Waals surface area contributed by atoms with E-state index < -0.39 is 5.91 Å². The number of carbonyl (C=O) groups excluding carboxylic acids is 2. The molecule has 0 saturated heterocycles. The highest BCUT2D eigenvalue weighted by Crippen LogP contribution is 2.18. The largest absolute Gasteiger partial charge is 0.484 e. The van der Waals surface area contributed by atoms with Crippen molar-refractivity contribution < 1.29 is 18.7 Å². The molecule has 0 fully saturated rings. The summed E-state index contributed by atoms with van der Waals surface area (Å²) in [6, 6.07) is 17.6. The predicted octanol–water partition coefficient (Wildman–Crippen LogP) is 5.04. The maximum absolute atomic E-state index is 13.5. The van der Waals surface area contributed by atoms with E-state index in [1.165, 1.54) is 6.07 Å². The molecule has 0 radical (unpaired) electrons. The van der Waals surface area contributed by atoms with Crippen molar-refractivity contribution in [3.05, 3.63) is 94.3 Å². The summed E-state index contributed by atoms with van der Waals surface area (Å²) in [6.45, 7) is 1.41. The smallest absolute Gasteiger partial charge is 0.262 e. The quantitative estimate of drug-likeness (QED) is 0.593. The van der Waals surface area contributed by atoms with E-state index >= 15 is 0 Å². The first-order valence-corrected chi connectivity index (χ1v) is 8.89. The molecule has 0 saturated carbocycles. The monoisotopic (exact) mass is 397 g/mol. The number of benzene rings is 3. The van der Waals surface area contributed by atoms with Crippen molar-refractivity contribution >= 4 is 29.0 Å². The third kappa shape index (κ3) is 4.96. The molecule has 3 aromatic carbocycles. The summed E-state index contributed by atoms with van der Waals surface area (Å²) >= 11 is 5.83. The Bertz CT molecular complexity index is 1000. The standard InChI is InChI=1S/C22H17ClFNO3/c1-14-2-9-18(12-20(14)24)25-21(26)13-28-19-10-5-16(6-11-19)22(27)15-3-7-17(23)8-4-15/h2-12H,13H2,1H3,(H,25,26). The molecule has 6 heteroatoms. The van der Waals surface area contributed by atoms with E-state index in [1.807, 2.05) is 0 Å². The van der Waals surface area contributed by atoms with E-state index in [-0.39, 0.29) is 18.2 Å². The number of ether oxygens (including phenoxy) is 1. The molecule has 0 aliphatic rings. The number of hydrogen-bond acceptors (Lipinski definition) is 3. The SMILES string of the molecule is Cc1ccc(NC(=O)COc2ccc(C(=O)c3ccc(Cl)cc3)cc2)cc1F. The van der Waals surface area contributed by atoms with Crippen molar-refractivity contribution in [2.75, 3.05) is 11.9 Å². The van der Waals surface area contributed by atoms with E-state index in [2.05, 4.69) is 5.32 Å². The van der Waals surface area contributed by atoms with Gasteiger partial charge in [-0.15, -0.1) is 0 Å². The molecule has 1 N–H and O–H groups in total. The summed E-state index contributed by atoms with van der Waals surface area (Å²) in [7, 11) is 0. The zero-order valence-electron chi connectivity index (χ0n) is 15.0. The lowest BCUT2D eigenvalue weighted by atomic mass is 10.0. The summed E-state index contributed by atoms with van der Waals surface area (Å²) in [5.74, 6) is -0.496. The molecular weight excluding hydrogens is 381 g/mol. The Balaban J connectivity index is 1.56. The third-order valence-electron chi connectivity index (χ3n) is 4.05. The second-order valence-corrected chi connectivity index (χ2v) is 6.60. The van der Waals surface area contributed by atoms with Crippen LogP contribution in [0, 0.1) is 12.7 Å². The highest BCUT2D eigenvalue weighted by molar-refractivity contribution is 6.30. The third-order valence-corrected chi connectivity index (χ3v) is 4.30. The Morgan fingerprint density at radius 1 is 0.964 bits per heavy atom. The molecule has 0 spiro atoms. The molecule has 0 heterocycles. The first-order valence-electron chi connectivity index (χ1n) is 8.51. The molecule has 0 aliphatic carbocycles. The van der Waals surface area contributed by atoms with E-state index in [0.717, 1.165) is 0 Å². The average molecular weight is 398 g/mol. The van der Waals surface area contributed by atoms with Crippen molar-refractivity contribution in [2.45, 2.75) is 6.92 Å². The minimum Gasteiger partial charge on any atom is -0.484 e. The van der Waals surface area contributed by atoms with Crippen LogP contribution in [0.4, 0.5) is 10.1 Å². The first-order chi connectivity index (χ1) is 13.4. The van der Waals surface area contributed by atoms with Crippen LogP contribution >= 0.6 is 11.6 Å². The van der Waals surface area contributed by atoms with E-state index in [4.69, 9.17) is 16.3 Å². The van der Waals surface area contributed by atoms with E-state index in [9.17, 15) is 14.0 Å². The molecule has 1 amide bonds. The van der Waals surface area contributed by atoms with Crippen LogP contribution in [0.5, 0.6) is 5.75 Å². The fourth-order valence-electron chi connectivity index (χ4n) is 2.49. The van der Waals surface area contributed by atoms with Crippen molar-refractivity contribution in [2.24, 2.45) is 0 Å². The van der Waals surface area contributed by atoms with Crippen LogP contribution in [0.2, 0.25) is 5.02 Å². The summed E-state index contributed by atoms with van der Waals surface area (Å²) in [5, 5.41) is 3.13. The molecule has 142 valence electrons. The van der Waals surface area contributed by atoms with Gasteiger partial charge in [0.1, 0.15) is 11.6 Å². The molecule has 0 unspecified atom stereocenters. The zero-order chi connectivity index (χ0) is 20.1. The minimum absolute atomic E-state index is 0.137. The van der Waals surface area contributed by atoms with Crippen molar-refractivity contribution in [3.63, 3.8) is 0 Å². The van der Waals surface area contributed by atoms with E-state index in [1.54, 1.807) is 67.6 Å². The molecular formula is C22H17ClFNO3. The second kappa shape index (κ2) is 8.67. The molecule has 3 rings (SSSR count). The van der Waals surface area contributed by atoms with Crippen molar-refractivity contribution in [1.29, 1.82) is 0 Å². The molecule has 3 aromatic rings. The number of carbonyl (C=O) groups is 2. The van der Waals surface area contributed by atoms with Gasteiger partial charge in [0, 0.05) is 21.8 Å². The highest BCUT2D eigenvalue weighted by atomic mass is 35.5. The molecule has 28 heavy (non-hydrogen) atoms. The van der Waals surface area contributed by atoms with Gasteiger partial charge in [0.05, 0.1) is 0 Å².